The Morgan fingerprint density at radius 3 is 2.78 bits per heavy atom. The molecule has 0 bridgehead atoms. The van der Waals surface area contributed by atoms with Crippen LogP contribution in [0.15, 0.2) is 28.0 Å². The van der Waals surface area contributed by atoms with Gasteiger partial charge in [-0.05, 0) is 23.6 Å². The van der Waals surface area contributed by atoms with E-state index in [1.165, 1.54) is 25.5 Å². The summed E-state index contributed by atoms with van der Waals surface area (Å²) >= 11 is 1.27. The average Bonchev–Trinajstić information content (AvgIpc) is 3.04. The second kappa shape index (κ2) is 5.05. The Kier molecular flexibility index (Phi) is 3.47. The van der Waals surface area contributed by atoms with Gasteiger partial charge in [0.2, 0.25) is 0 Å². The molecule has 2 aromatic heterocycles. The molecule has 6 heteroatoms. The fraction of sp³-hybridized carbons (Fsp3) is 0.167. The van der Waals surface area contributed by atoms with Crippen LogP contribution in [-0.4, -0.2) is 26.0 Å². The highest BCUT2D eigenvalue weighted by atomic mass is 32.1. The molecular formula is C12H11NO4S. The molecule has 0 fully saturated rings. The zero-order valence-electron chi connectivity index (χ0n) is 9.85. The molecule has 0 atom stereocenters. The first-order valence-corrected chi connectivity index (χ1v) is 6.03. The van der Waals surface area contributed by atoms with E-state index in [4.69, 9.17) is 4.42 Å². The topological polar surface area (TPSA) is 68.5 Å². The molecule has 0 aliphatic rings. The van der Waals surface area contributed by atoms with Crippen molar-refractivity contribution in [2.75, 3.05) is 14.2 Å². The molecule has 18 heavy (non-hydrogen) atoms. The standard InChI is InChI=1S/C12H11NO4S/c1-13-11(14)9-4-3-8(17-9)7-5-6-18-10(7)12(15)16-2/h3-6H,1-2H3,(H,13,14). The van der Waals surface area contributed by atoms with Gasteiger partial charge >= 0.3 is 5.97 Å². The molecule has 2 aromatic rings. The van der Waals surface area contributed by atoms with Crippen LogP contribution in [0.5, 0.6) is 0 Å². The van der Waals surface area contributed by atoms with Crippen LogP contribution in [0.1, 0.15) is 20.2 Å². The number of thiophene rings is 1. The van der Waals surface area contributed by atoms with Crippen LogP contribution < -0.4 is 5.32 Å². The second-order valence-electron chi connectivity index (χ2n) is 3.40. The molecule has 0 radical (unpaired) electrons. The Bertz CT molecular complexity index is 584. The van der Waals surface area contributed by atoms with E-state index in [1.807, 2.05) is 0 Å². The van der Waals surface area contributed by atoms with Crippen LogP contribution >= 0.6 is 11.3 Å². The molecule has 0 aliphatic heterocycles. The molecule has 0 aliphatic carbocycles. The number of hydrogen-bond acceptors (Lipinski definition) is 5. The number of amides is 1. The molecule has 0 unspecified atom stereocenters. The predicted octanol–water partition coefficient (Wildman–Crippen LogP) is 2.15. The quantitative estimate of drug-likeness (QED) is 0.863. The normalized spacial score (nSPS) is 10.1. The maximum Gasteiger partial charge on any atom is 0.348 e. The summed E-state index contributed by atoms with van der Waals surface area (Å²) in [5.74, 6) is -0.0567. The number of hydrogen-bond donors (Lipinski definition) is 1. The molecule has 94 valence electrons. The van der Waals surface area contributed by atoms with Crippen molar-refractivity contribution in [3.05, 3.63) is 34.2 Å². The lowest BCUT2D eigenvalue weighted by Crippen LogP contribution is -2.16. The Morgan fingerprint density at radius 2 is 2.11 bits per heavy atom. The number of furan rings is 1. The summed E-state index contributed by atoms with van der Waals surface area (Å²) < 4.78 is 10.1. The highest BCUT2D eigenvalue weighted by molar-refractivity contribution is 7.12. The minimum Gasteiger partial charge on any atom is -0.465 e. The van der Waals surface area contributed by atoms with Crippen LogP contribution in [0.25, 0.3) is 11.3 Å². The Hall–Kier alpha value is -2.08. The second-order valence-corrected chi connectivity index (χ2v) is 4.31. The largest absolute Gasteiger partial charge is 0.465 e. The van der Waals surface area contributed by atoms with Gasteiger partial charge in [0.1, 0.15) is 10.6 Å². The molecule has 5 nitrogen and oxygen atoms in total. The lowest BCUT2D eigenvalue weighted by Gasteiger charge is -1.99. The van der Waals surface area contributed by atoms with E-state index < -0.39 is 5.97 Å². The first-order valence-electron chi connectivity index (χ1n) is 5.15. The molecule has 2 rings (SSSR count). The van der Waals surface area contributed by atoms with Crippen LogP contribution in [0.2, 0.25) is 0 Å². The third-order valence-corrected chi connectivity index (χ3v) is 3.25. The van der Waals surface area contributed by atoms with Crippen molar-refractivity contribution in [1.29, 1.82) is 0 Å². The number of carbonyl (C=O) groups is 2. The number of ether oxygens (including phenoxy) is 1. The molecule has 0 aromatic carbocycles. The van der Waals surface area contributed by atoms with E-state index in [0.717, 1.165) is 0 Å². The minimum atomic E-state index is -0.419. The van der Waals surface area contributed by atoms with Gasteiger partial charge in [-0.1, -0.05) is 0 Å². The number of rotatable bonds is 3. The van der Waals surface area contributed by atoms with Gasteiger partial charge in [0, 0.05) is 12.6 Å². The zero-order valence-corrected chi connectivity index (χ0v) is 10.7. The van der Waals surface area contributed by atoms with Crippen molar-refractivity contribution >= 4 is 23.2 Å². The summed E-state index contributed by atoms with van der Waals surface area (Å²) in [7, 11) is 2.85. The van der Waals surface area contributed by atoms with E-state index in [1.54, 1.807) is 23.6 Å². The van der Waals surface area contributed by atoms with Crippen molar-refractivity contribution in [1.82, 2.24) is 5.32 Å². The summed E-state index contributed by atoms with van der Waals surface area (Å²) in [6.07, 6.45) is 0. The first-order chi connectivity index (χ1) is 8.67. The van der Waals surface area contributed by atoms with Crippen LogP contribution in [0.3, 0.4) is 0 Å². The smallest absolute Gasteiger partial charge is 0.348 e. The highest BCUT2D eigenvalue weighted by Crippen LogP contribution is 2.30. The SMILES string of the molecule is CNC(=O)c1ccc(-c2ccsc2C(=O)OC)o1. The third kappa shape index (κ3) is 2.14. The predicted molar refractivity (Wildman–Crippen MR) is 66.8 cm³/mol. The average molecular weight is 265 g/mol. The van der Waals surface area contributed by atoms with Gasteiger partial charge in [-0.2, -0.15) is 0 Å². The molecule has 0 saturated carbocycles. The maximum absolute atomic E-state index is 11.5. The van der Waals surface area contributed by atoms with E-state index in [2.05, 4.69) is 10.1 Å². The number of methoxy groups -OCH3 is 1. The maximum atomic E-state index is 11.5. The van der Waals surface area contributed by atoms with Gasteiger partial charge in [-0.3, -0.25) is 4.79 Å². The summed E-state index contributed by atoms with van der Waals surface area (Å²) in [6, 6.07) is 4.97. The minimum absolute atomic E-state index is 0.203. The molecule has 0 saturated heterocycles. The van der Waals surface area contributed by atoms with E-state index in [9.17, 15) is 9.59 Å². The van der Waals surface area contributed by atoms with Gasteiger partial charge in [0.05, 0.1) is 7.11 Å². The Morgan fingerprint density at radius 1 is 1.33 bits per heavy atom. The number of nitrogens with one attached hydrogen (secondary N) is 1. The molecular weight excluding hydrogens is 254 g/mol. The first kappa shape index (κ1) is 12.4. The van der Waals surface area contributed by atoms with Crippen molar-refractivity contribution in [2.45, 2.75) is 0 Å². The number of carbonyl (C=O) groups excluding carboxylic acids is 2. The summed E-state index contributed by atoms with van der Waals surface area (Å²) in [5.41, 5.74) is 0.627. The van der Waals surface area contributed by atoms with Crippen LogP contribution in [-0.2, 0) is 4.74 Å². The van der Waals surface area contributed by atoms with Gasteiger partial charge in [-0.15, -0.1) is 11.3 Å². The van der Waals surface area contributed by atoms with Crippen molar-refractivity contribution in [3.63, 3.8) is 0 Å². The van der Waals surface area contributed by atoms with Gasteiger partial charge in [0.15, 0.2) is 5.76 Å². The van der Waals surface area contributed by atoms with Gasteiger partial charge in [-0.25, -0.2) is 4.79 Å². The number of esters is 1. The molecule has 1 N–H and O–H groups in total. The van der Waals surface area contributed by atoms with E-state index in [0.29, 0.717) is 16.2 Å². The fourth-order valence-electron chi connectivity index (χ4n) is 1.48. The Balaban J connectivity index is 2.38. The fourth-order valence-corrected chi connectivity index (χ4v) is 2.30. The molecule has 2 heterocycles. The van der Waals surface area contributed by atoms with Crippen molar-refractivity contribution in [3.8, 4) is 11.3 Å². The van der Waals surface area contributed by atoms with Crippen LogP contribution in [0.4, 0.5) is 0 Å². The van der Waals surface area contributed by atoms with E-state index in [-0.39, 0.29) is 11.7 Å². The van der Waals surface area contributed by atoms with Crippen molar-refractivity contribution < 1.29 is 18.7 Å². The summed E-state index contributed by atoms with van der Waals surface area (Å²) in [6.45, 7) is 0. The van der Waals surface area contributed by atoms with Gasteiger partial charge in [0.25, 0.3) is 5.91 Å². The zero-order chi connectivity index (χ0) is 13.1. The Labute approximate surface area is 107 Å². The van der Waals surface area contributed by atoms with Crippen molar-refractivity contribution in [2.24, 2.45) is 0 Å². The summed E-state index contributed by atoms with van der Waals surface area (Å²) in [5, 5.41) is 4.23. The highest BCUT2D eigenvalue weighted by Gasteiger charge is 2.18. The lowest BCUT2D eigenvalue weighted by atomic mass is 10.2. The van der Waals surface area contributed by atoms with Gasteiger partial charge < -0.3 is 14.5 Å². The summed E-state index contributed by atoms with van der Waals surface area (Å²) in [4.78, 5) is 23.4. The van der Waals surface area contributed by atoms with Crippen LogP contribution in [0, 0.1) is 0 Å². The van der Waals surface area contributed by atoms with E-state index >= 15 is 0 Å². The lowest BCUT2D eigenvalue weighted by molar-refractivity contribution is 0.0607. The molecule has 0 spiro atoms. The monoisotopic (exact) mass is 265 g/mol. The third-order valence-electron chi connectivity index (χ3n) is 2.36. The molecule has 1 amide bonds.